The summed E-state index contributed by atoms with van der Waals surface area (Å²) in [4.78, 5) is -0.947. The second kappa shape index (κ2) is 6.30. The van der Waals surface area contributed by atoms with Crippen molar-refractivity contribution < 1.29 is 21.6 Å². The molecule has 0 saturated heterocycles. The number of nitrogens with one attached hydrogen (secondary N) is 2. The molecule has 0 aromatic heterocycles. The maximum absolute atomic E-state index is 12.9. The molecule has 2 N–H and O–H groups in total. The highest BCUT2D eigenvalue weighted by Gasteiger charge is 2.38. The van der Waals surface area contributed by atoms with Gasteiger partial charge in [-0.05, 0) is 26.1 Å². The molecule has 0 aliphatic rings. The Morgan fingerprint density at radius 2 is 1.95 bits per heavy atom. The first kappa shape index (κ1) is 17.2. The van der Waals surface area contributed by atoms with Gasteiger partial charge in [-0.15, -0.1) is 0 Å². The SMILES string of the molecule is CNC(C)CNS(=O)(=O)c1c(Cl)cccc1C(F)(F)F. The van der Waals surface area contributed by atoms with Crippen LogP contribution in [0.1, 0.15) is 12.5 Å². The van der Waals surface area contributed by atoms with Crippen LogP contribution in [0.3, 0.4) is 0 Å². The summed E-state index contributed by atoms with van der Waals surface area (Å²) < 4.78 is 64.7. The molecule has 0 fully saturated rings. The molecule has 1 aromatic carbocycles. The van der Waals surface area contributed by atoms with Crippen LogP contribution in [-0.4, -0.2) is 28.1 Å². The van der Waals surface area contributed by atoms with E-state index in [1.165, 1.54) is 0 Å². The second-order valence-corrected chi connectivity index (χ2v) is 6.27. The highest BCUT2D eigenvalue weighted by atomic mass is 35.5. The number of hydrogen-bond acceptors (Lipinski definition) is 3. The lowest BCUT2D eigenvalue weighted by atomic mass is 10.2. The van der Waals surface area contributed by atoms with Crippen LogP contribution in [0, 0.1) is 0 Å². The Bertz CT molecular complexity index is 576. The first-order valence-electron chi connectivity index (χ1n) is 5.62. The monoisotopic (exact) mass is 330 g/mol. The van der Waals surface area contributed by atoms with Crippen LogP contribution >= 0.6 is 11.6 Å². The molecule has 0 aliphatic carbocycles. The summed E-state index contributed by atoms with van der Waals surface area (Å²) in [6, 6.07) is 2.61. The zero-order chi connectivity index (χ0) is 15.6. The summed E-state index contributed by atoms with van der Waals surface area (Å²) in [5, 5.41) is 2.30. The quantitative estimate of drug-likeness (QED) is 0.870. The lowest BCUT2D eigenvalue weighted by Gasteiger charge is -2.16. The maximum atomic E-state index is 12.9. The molecule has 20 heavy (non-hydrogen) atoms. The number of halogens is 4. The van der Waals surface area contributed by atoms with Crippen molar-refractivity contribution in [2.24, 2.45) is 0 Å². The van der Waals surface area contributed by atoms with Gasteiger partial charge < -0.3 is 5.32 Å². The Balaban J connectivity index is 3.24. The number of alkyl halides is 3. The molecule has 0 spiro atoms. The van der Waals surface area contributed by atoms with E-state index in [1.54, 1.807) is 14.0 Å². The standard InChI is InChI=1S/C11H14ClF3N2O2S/c1-7(16-2)6-17-20(18,19)10-8(11(13,14)15)4-3-5-9(10)12/h3-5,7,16-17H,6H2,1-2H3. The van der Waals surface area contributed by atoms with E-state index < -0.39 is 31.7 Å². The van der Waals surface area contributed by atoms with E-state index >= 15 is 0 Å². The molecule has 9 heteroatoms. The smallest absolute Gasteiger partial charge is 0.316 e. The van der Waals surface area contributed by atoms with Gasteiger partial charge in [0.05, 0.1) is 10.6 Å². The van der Waals surface area contributed by atoms with Crippen LogP contribution < -0.4 is 10.0 Å². The molecule has 0 bridgehead atoms. The van der Waals surface area contributed by atoms with E-state index in [4.69, 9.17) is 11.6 Å². The zero-order valence-electron chi connectivity index (χ0n) is 10.8. The first-order chi connectivity index (χ1) is 9.09. The van der Waals surface area contributed by atoms with E-state index in [2.05, 4.69) is 10.0 Å². The van der Waals surface area contributed by atoms with E-state index in [0.717, 1.165) is 12.1 Å². The Kier molecular flexibility index (Phi) is 5.42. The normalized spacial score (nSPS) is 14.3. The van der Waals surface area contributed by atoms with Crippen molar-refractivity contribution in [3.05, 3.63) is 28.8 Å². The van der Waals surface area contributed by atoms with Crippen molar-refractivity contribution in [1.82, 2.24) is 10.0 Å². The van der Waals surface area contributed by atoms with Crippen molar-refractivity contribution in [2.75, 3.05) is 13.6 Å². The topological polar surface area (TPSA) is 58.2 Å². The molecule has 1 aromatic rings. The van der Waals surface area contributed by atoms with Crippen molar-refractivity contribution >= 4 is 21.6 Å². The summed E-state index contributed by atoms with van der Waals surface area (Å²) in [7, 11) is -2.75. The molecular formula is C11H14ClF3N2O2S. The minimum atomic E-state index is -4.80. The predicted molar refractivity (Wildman–Crippen MR) is 70.2 cm³/mol. The Morgan fingerprint density at radius 1 is 1.35 bits per heavy atom. The third kappa shape index (κ3) is 4.08. The lowest BCUT2D eigenvalue weighted by molar-refractivity contribution is -0.139. The van der Waals surface area contributed by atoms with Crippen LogP contribution in [0.4, 0.5) is 13.2 Å². The summed E-state index contributed by atoms with van der Waals surface area (Å²) >= 11 is 5.63. The fraction of sp³-hybridized carbons (Fsp3) is 0.455. The van der Waals surface area contributed by atoms with E-state index in [0.29, 0.717) is 6.07 Å². The van der Waals surface area contributed by atoms with Gasteiger partial charge in [0.25, 0.3) is 0 Å². The average molecular weight is 331 g/mol. The van der Waals surface area contributed by atoms with Gasteiger partial charge in [0.15, 0.2) is 0 Å². The molecule has 1 unspecified atom stereocenters. The third-order valence-corrected chi connectivity index (χ3v) is 4.56. The number of rotatable bonds is 5. The van der Waals surface area contributed by atoms with E-state index in [-0.39, 0.29) is 12.6 Å². The average Bonchev–Trinajstić information content (AvgIpc) is 2.34. The first-order valence-corrected chi connectivity index (χ1v) is 7.48. The maximum Gasteiger partial charge on any atom is 0.417 e. The van der Waals surface area contributed by atoms with Crippen molar-refractivity contribution in [2.45, 2.75) is 24.0 Å². The number of benzene rings is 1. The molecule has 0 amide bonds. The van der Waals surface area contributed by atoms with Crippen LogP contribution in [0.25, 0.3) is 0 Å². The van der Waals surface area contributed by atoms with Gasteiger partial charge in [-0.3, -0.25) is 0 Å². The van der Waals surface area contributed by atoms with E-state index in [1.807, 2.05) is 0 Å². The molecule has 114 valence electrons. The Labute approximate surface area is 120 Å². The molecule has 0 aliphatic heterocycles. The Morgan fingerprint density at radius 3 is 2.45 bits per heavy atom. The molecule has 1 atom stereocenters. The van der Waals surface area contributed by atoms with Gasteiger partial charge in [-0.1, -0.05) is 17.7 Å². The number of likely N-dealkylation sites (N-methyl/N-ethyl adjacent to an activating group) is 1. The van der Waals surface area contributed by atoms with Crippen molar-refractivity contribution in [1.29, 1.82) is 0 Å². The second-order valence-electron chi connectivity index (χ2n) is 4.16. The van der Waals surface area contributed by atoms with Gasteiger partial charge in [0.2, 0.25) is 10.0 Å². The molecule has 0 heterocycles. The summed E-state index contributed by atoms with van der Waals surface area (Å²) in [6.07, 6.45) is -4.80. The zero-order valence-corrected chi connectivity index (χ0v) is 12.3. The van der Waals surface area contributed by atoms with Gasteiger partial charge in [-0.25, -0.2) is 13.1 Å². The van der Waals surface area contributed by atoms with Gasteiger partial charge in [-0.2, -0.15) is 13.2 Å². The van der Waals surface area contributed by atoms with Crippen molar-refractivity contribution in [3.63, 3.8) is 0 Å². The summed E-state index contributed by atoms with van der Waals surface area (Å²) in [5.41, 5.74) is -1.28. The molecule has 1 rings (SSSR count). The van der Waals surface area contributed by atoms with Crippen molar-refractivity contribution in [3.8, 4) is 0 Å². The van der Waals surface area contributed by atoms with Crippen LogP contribution in [0.2, 0.25) is 5.02 Å². The summed E-state index contributed by atoms with van der Waals surface area (Å²) in [5.74, 6) is 0. The third-order valence-electron chi connectivity index (χ3n) is 2.61. The molecule has 0 saturated carbocycles. The molecular weight excluding hydrogens is 317 g/mol. The van der Waals surface area contributed by atoms with Crippen LogP contribution in [0.5, 0.6) is 0 Å². The van der Waals surface area contributed by atoms with Gasteiger partial charge >= 0.3 is 6.18 Å². The minimum absolute atomic E-state index is 0.0542. The number of hydrogen-bond donors (Lipinski definition) is 2. The van der Waals surface area contributed by atoms with E-state index in [9.17, 15) is 21.6 Å². The Hall–Kier alpha value is -0.830. The fourth-order valence-corrected chi connectivity index (χ4v) is 3.31. The minimum Gasteiger partial charge on any atom is -0.316 e. The fourth-order valence-electron chi connectivity index (χ4n) is 1.41. The highest BCUT2D eigenvalue weighted by Crippen LogP contribution is 2.37. The van der Waals surface area contributed by atoms with Crippen LogP contribution in [-0.2, 0) is 16.2 Å². The predicted octanol–water partition coefficient (Wildman–Crippen LogP) is 2.25. The highest BCUT2D eigenvalue weighted by molar-refractivity contribution is 7.89. The molecule has 0 radical (unpaired) electrons. The lowest BCUT2D eigenvalue weighted by Crippen LogP contribution is -2.37. The summed E-state index contributed by atoms with van der Waals surface area (Å²) in [6.45, 7) is 1.63. The number of sulfonamides is 1. The van der Waals surface area contributed by atoms with Gasteiger partial charge in [0, 0.05) is 12.6 Å². The van der Waals surface area contributed by atoms with Crippen LogP contribution in [0.15, 0.2) is 23.1 Å². The molecule has 4 nitrogen and oxygen atoms in total. The largest absolute Gasteiger partial charge is 0.417 e. The van der Waals surface area contributed by atoms with Gasteiger partial charge in [0.1, 0.15) is 4.90 Å².